The minimum Gasteiger partial charge on any atom is -0.497 e. The number of hydrogen-bond donors (Lipinski definition) is 1. The minimum atomic E-state index is -3.90. The number of halogens is 1. The van der Waals surface area contributed by atoms with Crippen molar-refractivity contribution in [2.75, 3.05) is 11.8 Å². The minimum absolute atomic E-state index is 0.0252. The monoisotopic (exact) mass is 432 g/mol. The van der Waals surface area contributed by atoms with Crippen LogP contribution >= 0.6 is 11.6 Å². The van der Waals surface area contributed by atoms with Gasteiger partial charge in [0.2, 0.25) is 0 Å². The number of ether oxygens (including phenoxy) is 2. The second kappa shape index (κ2) is 8.93. The average molecular weight is 433 g/mol. The fraction of sp³-hybridized carbons (Fsp3) is 0.100. The molecule has 0 atom stereocenters. The van der Waals surface area contributed by atoms with E-state index in [2.05, 4.69) is 9.71 Å². The number of esters is 1. The van der Waals surface area contributed by atoms with Crippen LogP contribution in [0.2, 0.25) is 5.15 Å². The smallest absolute Gasteiger partial charge is 0.340 e. The Hall–Kier alpha value is -3.10. The number of hydrogen-bond acceptors (Lipinski definition) is 6. The van der Waals surface area contributed by atoms with Crippen molar-refractivity contribution in [3.8, 4) is 5.75 Å². The molecule has 0 saturated carbocycles. The zero-order valence-electron chi connectivity index (χ0n) is 15.3. The molecule has 0 saturated heterocycles. The highest BCUT2D eigenvalue weighted by molar-refractivity contribution is 7.92. The van der Waals surface area contributed by atoms with Crippen LogP contribution in [0.1, 0.15) is 15.9 Å². The molecule has 7 nitrogen and oxygen atoms in total. The number of carbonyl (C=O) groups is 1. The number of sulfonamides is 1. The standard InChI is InChI=1S/C20H17ClN2O5S/c1-27-15-7-9-16(10-8-15)29(25,26)23-18-5-3-2-4-17(18)20(24)28-13-14-6-11-19(21)22-12-14/h2-12,23H,13H2,1H3. The Labute approximate surface area is 173 Å². The molecule has 2 aromatic carbocycles. The molecule has 1 aromatic heterocycles. The van der Waals surface area contributed by atoms with E-state index < -0.39 is 16.0 Å². The van der Waals surface area contributed by atoms with Crippen LogP contribution in [-0.4, -0.2) is 26.5 Å². The van der Waals surface area contributed by atoms with Crippen LogP contribution in [-0.2, 0) is 21.4 Å². The number of para-hydroxylation sites is 1. The van der Waals surface area contributed by atoms with E-state index >= 15 is 0 Å². The van der Waals surface area contributed by atoms with Crippen LogP contribution in [0.4, 0.5) is 5.69 Å². The van der Waals surface area contributed by atoms with E-state index in [0.29, 0.717) is 16.5 Å². The first-order valence-electron chi connectivity index (χ1n) is 8.42. The molecule has 0 radical (unpaired) electrons. The van der Waals surface area contributed by atoms with Crippen molar-refractivity contribution < 1.29 is 22.7 Å². The highest BCUT2D eigenvalue weighted by atomic mass is 35.5. The molecule has 0 fully saturated rings. The first kappa shape index (κ1) is 20.6. The van der Waals surface area contributed by atoms with Gasteiger partial charge in [0.1, 0.15) is 17.5 Å². The number of nitrogens with zero attached hydrogens (tertiary/aromatic N) is 1. The van der Waals surface area contributed by atoms with Gasteiger partial charge in [-0.15, -0.1) is 0 Å². The van der Waals surface area contributed by atoms with E-state index in [-0.39, 0.29) is 22.8 Å². The summed E-state index contributed by atoms with van der Waals surface area (Å²) in [6.45, 7) is -0.0252. The number of aromatic nitrogens is 1. The average Bonchev–Trinajstić information content (AvgIpc) is 2.73. The molecule has 0 aliphatic carbocycles. The first-order valence-corrected chi connectivity index (χ1v) is 10.3. The fourth-order valence-electron chi connectivity index (χ4n) is 2.43. The fourth-order valence-corrected chi connectivity index (χ4v) is 3.62. The van der Waals surface area contributed by atoms with Gasteiger partial charge in [0.25, 0.3) is 10.0 Å². The maximum atomic E-state index is 12.7. The van der Waals surface area contributed by atoms with Gasteiger partial charge in [-0.1, -0.05) is 29.8 Å². The van der Waals surface area contributed by atoms with Crippen molar-refractivity contribution in [3.05, 3.63) is 83.1 Å². The summed E-state index contributed by atoms with van der Waals surface area (Å²) in [5, 5.41) is 0.332. The van der Waals surface area contributed by atoms with Crippen LogP contribution in [0.3, 0.4) is 0 Å². The molecule has 3 rings (SSSR count). The van der Waals surface area contributed by atoms with Crippen molar-refractivity contribution in [2.24, 2.45) is 0 Å². The van der Waals surface area contributed by atoms with Crippen LogP contribution < -0.4 is 9.46 Å². The summed E-state index contributed by atoms with van der Waals surface area (Å²) < 4.78 is 38.1. The molecular weight excluding hydrogens is 416 g/mol. The number of carbonyl (C=O) groups excluding carboxylic acids is 1. The third kappa shape index (κ3) is 5.24. The zero-order chi connectivity index (χ0) is 20.9. The number of benzene rings is 2. The number of anilines is 1. The van der Waals surface area contributed by atoms with E-state index in [4.69, 9.17) is 21.1 Å². The van der Waals surface area contributed by atoms with Crippen molar-refractivity contribution in [2.45, 2.75) is 11.5 Å². The highest BCUT2D eigenvalue weighted by Gasteiger charge is 2.19. The molecule has 0 amide bonds. The zero-order valence-corrected chi connectivity index (χ0v) is 16.9. The van der Waals surface area contributed by atoms with E-state index in [1.807, 2.05) is 0 Å². The van der Waals surface area contributed by atoms with Gasteiger partial charge in [-0.2, -0.15) is 0 Å². The molecule has 150 valence electrons. The van der Waals surface area contributed by atoms with Gasteiger partial charge in [0.05, 0.1) is 23.3 Å². The van der Waals surface area contributed by atoms with Gasteiger partial charge in [-0.05, 0) is 42.5 Å². The van der Waals surface area contributed by atoms with E-state index in [9.17, 15) is 13.2 Å². The van der Waals surface area contributed by atoms with E-state index in [1.165, 1.54) is 49.7 Å². The summed E-state index contributed by atoms with van der Waals surface area (Å²) >= 11 is 5.73. The summed E-state index contributed by atoms with van der Waals surface area (Å²) in [7, 11) is -2.41. The second-order valence-electron chi connectivity index (χ2n) is 5.89. The molecule has 0 aliphatic heterocycles. The van der Waals surface area contributed by atoms with Gasteiger partial charge in [0.15, 0.2) is 0 Å². The van der Waals surface area contributed by atoms with E-state index in [0.717, 1.165) is 0 Å². The first-order chi connectivity index (χ1) is 13.9. The van der Waals surface area contributed by atoms with Crippen molar-refractivity contribution in [1.82, 2.24) is 4.98 Å². The Balaban J connectivity index is 1.76. The van der Waals surface area contributed by atoms with Gasteiger partial charge in [-0.25, -0.2) is 18.2 Å². The molecule has 0 aliphatic rings. The summed E-state index contributed by atoms with van der Waals surface area (Å²) in [5.74, 6) is -0.141. The Morgan fingerprint density at radius 2 is 1.79 bits per heavy atom. The lowest BCUT2D eigenvalue weighted by molar-refractivity contribution is 0.0473. The van der Waals surface area contributed by atoms with Crippen molar-refractivity contribution in [3.63, 3.8) is 0 Å². The predicted octanol–water partition coefficient (Wildman–Crippen LogP) is 3.90. The lowest BCUT2D eigenvalue weighted by atomic mass is 10.2. The highest BCUT2D eigenvalue weighted by Crippen LogP contribution is 2.23. The SMILES string of the molecule is COc1ccc(S(=O)(=O)Nc2ccccc2C(=O)OCc2ccc(Cl)nc2)cc1. The van der Waals surface area contributed by atoms with Crippen LogP contribution in [0, 0.1) is 0 Å². The van der Waals surface area contributed by atoms with Crippen LogP contribution in [0.25, 0.3) is 0 Å². The number of methoxy groups -OCH3 is 1. The number of nitrogens with one attached hydrogen (secondary N) is 1. The molecule has 0 bridgehead atoms. The lowest BCUT2D eigenvalue weighted by Gasteiger charge is -2.12. The maximum Gasteiger partial charge on any atom is 0.340 e. The van der Waals surface area contributed by atoms with Gasteiger partial charge in [-0.3, -0.25) is 4.72 Å². The van der Waals surface area contributed by atoms with Crippen molar-refractivity contribution in [1.29, 1.82) is 0 Å². The largest absolute Gasteiger partial charge is 0.497 e. The summed E-state index contributed by atoms with van der Waals surface area (Å²) in [5.41, 5.74) is 0.855. The molecule has 1 heterocycles. The van der Waals surface area contributed by atoms with Crippen LogP contribution in [0.5, 0.6) is 5.75 Å². The van der Waals surface area contributed by atoms with Gasteiger partial charge < -0.3 is 9.47 Å². The molecular formula is C20H17ClN2O5S. The Morgan fingerprint density at radius 1 is 1.07 bits per heavy atom. The normalized spacial score (nSPS) is 11.0. The third-order valence-electron chi connectivity index (χ3n) is 3.92. The quantitative estimate of drug-likeness (QED) is 0.449. The van der Waals surface area contributed by atoms with Gasteiger partial charge >= 0.3 is 5.97 Å². The predicted molar refractivity (Wildman–Crippen MR) is 109 cm³/mol. The molecule has 29 heavy (non-hydrogen) atoms. The number of pyridine rings is 1. The van der Waals surface area contributed by atoms with Crippen LogP contribution in [0.15, 0.2) is 71.8 Å². The van der Waals surface area contributed by atoms with Crippen molar-refractivity contribution >= 4 is 33.3 Å². The third-order valence-corrected chi connectivity index (χ3v) is 5.52. The maximum absolute atomic E-state index is 12.7. The number of rotatable bonds is 7. The molecule has 0 spiro atoms. The second-order valence-corrected chi connectivity index (χ2v) is 7.96. The topological polar surface area (TPSA) is 94.6 Å². The summed E-state index contributed by atoms with van der Waals surface area (Å²) in [6, 6.07) is 15.4. The summed E-state index contributed by atoms with van der Waals surface area (Å²) in [4.78, 5) is 16.4. The Kier molecular flexibility index (Phi) is 6.36. The molecule has 1 N–H and O–H groups in total. The Morgan fingerprint density at radius 3 is 2.45 bits per heavy atom. The molecule has 3 aromatic rings. The van der Waals surface area contributed by atoms with E-state index in [1.54, 1.807) is 24.3 Å². The summed E-state index contributed by atoms with van der Waals surface area (Å²) in [6.07, 6.45) is 1.49. The molecule has 0 unspecified atom stereocenters. The molecule has 9 heteroatoms. The Bertz CT molecular complexity index is 1100. The van der Waals surface area contributed by atoms with Gasteiger partial charge in [0, 0.05) is 11.8 Å². The lowest BCUT2D eigenvalue weighted by Crippen LogP contribution is -2.16.